The number of aromatic amines is 1. The number of halogens is 2. The van der Waals surface area contributed by atoms with Gasteiger partial charge in [0.2, 0.25) is 0 Å². The lowest BCUT2D eigenvalue weighted by molar-refractivity contribution is -0.384. The molecule has 0 spiro atoms. The number of nitro benzene ring substituents is 1. The number of piperidine rings is 1. The van der Waals surface area contributed by atoms with E-state index in [1.165, 1.54) is 41.1 Å². The Bertz CT molecular complexity index is 2770. The molecule has 3 aliphatic heterocycles. The van der Waals surface area contributed by atoms with E-state index in [0.29, 0.717) is 63.4 Å². The largest absolute Gasteiger partial charge is 0.455 e. The summed E-state index contributed by atoms with van der Waals surface area (Å²) >= 11 is 6.25. The van der Waals surface area contributed by atoms with Gasteiger partial charge in [0.25, 0.3) is 21.6 Å². The van der Waals surface area contributed by atoms with Gasteiger partial charge in [-0.3, -0.25) is 24.7 Å². The van der Waals surface area contributed by atoms with Gasteiger partial charge in [-0.15, -0.1) is 0 Å². The van der Waals surface area contributed by atoms with E-state index in [1.54, 1.807) is 24.4 Å². The summed E-state index contributed by atoms with van der Waals surface area (Å²) in [6, 6.07) is 20.0. The van der Waals surface area contributed by atoms with Crippen molar-refractivity contribution in [3.63, 3.8) is 0 Å². The first-order valence-corrected chi connectivity index (χ1v) is 24.8. The van der Waals surface area contributed by atoms with Gasteiger partial charge in [-0.05, 0) is 104 Å². The highest BCUT2D eigenvalue weighted by atomic mass is 35.5. The molecule has 18 heteroatoms. The number of alkyl halides is 1. The van der Waals surface area contributed by atoms with Crippen LogP contribution in [0, 0.1) is 15.5 Å². The number of rotatable bonds is 13. The molecule has 3 saturated heterocycles. The van der Waals surface area contributed by atoms with Crippen molar-refractivity contribution in [3.05, 3.63) is 117 Å². The number of benzene rings is 3. The summed E-state index contributed by atoms with van der Waals surface area (Å²) in [6.07, 6.45) is 7.24. The molecule has 5 heterocycles. The molecular formula is C49H56ClFN8O7S. The Morgan fingerprint density at radius 1 is 1.01 bits per heavy atom. The summed E-state index contributed by atoms with van der Waals surface area (Å²) in [7, 11) is -4.61. The van der Waals surface area contributed by atoms with Gasteiger partial charge >= 0.3 is 0 Å². The highest BCUT2D eigenvalue weighted by molar-refractivity contribution is 7.90. The Balaban J connectivity index is 0.902. The van der Waals surface area contributed by atoms with E-state index in [0.717, 1.165) is 61.1 Å². The molecule has 3 N–H and O–H groups in total. The number of allylic oxidation sites excluding steroid dienone is 1. The van der Waals surface area contributed by atoms with E-state index >= 15 is 0 Å². The number of nitrogens with one attached hydrogen (secondary N) is 3. The molecule has 15 nitrogen and oxygen atoms in total. The molecule has 0 saturated carbocycles. The second-order valence-corrected chi connectivity index (χ2v) is 21.0. The van der Waals surface area contributed by atoms with Gasteiger partial charge in [0, 0.05) is 98.9 Å². The van der Waals surface area contributed by atoms with E-state index in [4.69, 9.17) is 21.1 Å². The van der Waals surface area contributed by atoms with Crippen molar-refractivity contribution < 1.29 is 32.0 Å². The molecule has 0 bridgehead atoms. The number of hydrogen-bond donors (Lipinski definition) is 3. The fourth-order valence-electron chi connectivity index (χ4n) is 9.87. The number of ether oxygens (including phenoxy) is 2. The molecule has 0 radical (unpaired) electrons. The normalized spacial score (nSPS) is 21.0. The van der Waals surface area contributed by atoms with Gasteiger partial charge in [0.05, 0.1) is 28.2 Å². The minimum Gasteiger partial charge on any atom is -0.455 e. The van der Waals surface area contributed by atoms with E-state index < -0.39 is 37.6 Å². The number of nitro groups is 1. The van der Waals surface area contributed by atoms with Crippen LogP contribution in [-0.2, 0) is 14.8 Å². The van der Waals surface area contributed by atoms with Gasteiger partial charge in [0.1, 0.15) is 29.0 Å². The number of nitrogens with zero attached hydrogens (tertiary/aromatic N) is 5. The van der Waals surface area contributed by atoms with Crippen LogP contribution in [-0.4, -0.2) is 116 Å². The Morgan fingerprint density at radius 2 is 1.79 bits per heavy atom. The van der Waals surface area contributed by atoms with Crippen molar-refractivity contribution in [3.8, 4) is 11.5 Å². The van der Waals surface area contributed by atoms with Gasteiger partial charge < -0.3 is 24.7 Å². The van der Waals surface area contributed by atoms with E-state index in [9.17, 15) is 27.7 Å². The van der Waals surface area contributed by atoms with Crippen LogP contribution in [0.2, 0.25) is 5.02 Å². The number of H-pyrrole nitrogens is 1. The highest BCUT2D eigenvalue weighted by Crippen LogP contribution is 2.44. The van der Waals surface area contributed by atoms with Crippen LogP contribution in [0.5, 0.6) is 11.5 Å². The number of carbonyl (C=O) groups excluding carboxylic acids is 1. The summed E-state index contributed by atoms with van der Waals surface area (Å²) in [5.74, 6) is -0.521. The molecule has 2 aromatic heterocycles. The van der Waals surface area contributed by atoms with Crippen LogP contribution in [0.4, 0.5) is 21.5 Å². The zero-order valence-electron chi connectivity index (χ0n) is 37.7. The lowest BCUT2D eigenvalue weighted by Crippen LogP contribution is -2.51. The molecule has 1 amide bonds. The molecule has 3 aromatic carbocycles. The molecule has 9 rings (SSSR count). The molecule has 0 unspecified atom stereocenters. The van der Waals surface area contributed by atoms with Gasteiger partial charge in [-0.1, -0.05) is 43.2 Å². The average molecular weight is 956 g/mol. The number of amides is 1. The van der Waals surface area contributed by atoms with Crippen LogP contribution in [0.3, 0.4) is 0 Å². The topological polar surface area (TPSA) is 175 Å². The van der Waals surface area contributed by atoms with Crippen LogP contribution < -0.4 is 19.7 Å². The first-order valence-electron chi connectivity index (χ1n) is 23.0. The van der Waals surface area contributed by atoms with Crippen LogP contribution in [0.25, 0.3) is 16.6 Å². The van der Waals surface area contributed by atoms with Crippen molar-refractivity contribution in [2.24, 2.45) is 5.41 Å². The van der Waals surface area contributed by atoms with E-state index in [2.05, 4.69) is 60.7 Å². The Morgan fingerprint density at radius 3 is 2.54 bits per heavy atom. The summed E-state index contributed by atoms with van der Waals surface area (Å²) in [6.45, 7) is 10.4. The lowest BCUT2D eigenvalue weighted by atomic mass is 9.72. The number of hydrogen-bond acceptors (Lipinski definition) is 12. The van der Waals surface area contributed by atoms with Gasteiger partial charge in [-0.2, -0.15) is 0 Å². The van der Waals surface area contributed by atoms with Crippen molar-refractivity contribution in [1.82, 2.24) is 24.5 Å². The third-order valence-electron chi connectivity index (χ3n) is 13.7. The Hall–Kier alpha value is -5.59. The van der Waals surface area contributed by atoms with Crippen LogP contribution in [0.1, 0.15) is 68.3 Å². The molecule has 2 atom stereocenters. The molecule has 3 fully saturated rings. The second kappa shape index (κ2) is 19.6. The number of pyridine rings is 1. The van der Waals surface area contributed by atoms with Crippen molar-refractivity contribution in [2.75, 3.05) is 69.2 Å². The molecule has 1 aliphatic carbocycles. The summed E-state index contributed by atoms with van der Waals surface area (Å²) in [4.78, 5) is 39.5. The molecule has 354 valence electrons. The number of sulfonamides is 1. The average Bonchev–Trinajstić information content (AvgIpc) is 3.79. The number of fused-ring (bicyclic) bond motifs is 1. The standard InChI is InChI=1S/C49H56ClFN8O7S/c1-49(2)16-11-34(41(28-49)32-3-5-35(50)6-4-32)30-56-20-22-57(23-21-56)37-7-9-40(46(26-37)66-38-25-33-12-17-52-47(33)53-29-38)48(60)55-67(63,64)39-8-10-43(45(27-39)59(61)62)54-36-13-18-58(19-14-36)44-15-24-65-31-42(44)51/h3-10,12,17,25-27,29,36,42,44,54H,11,13-16,18-24,28,30-31H2,1-2H3,(H,52,53)(H,55,60)/t42-,44+/m1/s1. The summed E-state index contributed by atoms with van der Waals surface area (Å²) in [5, 5.41) is 17.0. The maximum Gasteiger partial charge on any atom is 0.293 e. The highest BCUT2D eigenvalue weighted by Gasteiger charge is 2.35. The number of piperazine rings is 1. The molecular weight excluding hydrogens is 899 g/mol. The maximum absolute atomic E-state index is 14.5. The molecule has 4 aliphatic rings. The smallest absolute Gasteiger partial charge is 0.293 e. The maximum atomic E-state index is 14.5. The SMILES string of the molecule is CC1(C)CCC(CN2CCN(c3ccc(C(=O)NS(=O)(=O)c4ccc(NC5CCN([C@H]6CCOC[C@H]6F)CC5)c([N+](=O)[O-])c4)c(Oc4cnc5[nH]ccc5c4)c3)CC2)=C(c2ccc(Cl)cc2)C1. The Labute approximate surface area is 394 Å². The predicted octanol–water partition coefficient (Wildman–Crippen LogP) is 8.82. The van der Waals surface area contributed by atoms with Crippen molar-refractivity contribution in [2.45, 2.75) is 75.5 Å². The summed E-state index contributed by atoms with van der Waals surface area (Å²) < 4.78 is 55.9. The zero-order valence-corrected chi connectivity index (χ0v) is 39.3. The van der Waals surface area contributed by atoms with Gasteiger partial charge in [0.15, 0.2) is 0 Å². The summed E-state index contributed by atoms with van der Waals surface area (Å²) in [5.41, 5.74) is 5.40. The Kier molecular flexibility index (Phi) is 13.6. The van der Waals surface area contributed by atoms with E-state index in [1.807, 2.05) is 18.2 Å². The van der Waals surface area contributed by atoms with Crippen LogP contribution in [0.15, 0.2) is 95.7 Å². The third-order valence-corrected chi connectivity index (χ3v) is 15.2. The monoisotopic (exact) mass is 954 g/mol. The first kappa shape index (κ1) is 46.5. The second-order valence-electron chi connectivity index (χ2n) is 18.8. The van der Waals surface area contributed by atoms with Gasteiger partial charge in [-0.25, -0.2) is 22.5 Å². The fraction of sp³-hybridized carbons (Fsp3) is 0.429. The fourth-order valence-corrected chi connectivity index (χ4v) is 11.0. The van der Waals surface area contributed by atoms with Crippen molar-refractivity contribution in [1.29, 1.82) is 0 Å². The zero-order chi connectivity index (χ0) is 46.9. The lowest BCUT2D eigenvalue weighted by Gasteiger charge is -2.40. The number of anilines is 2. The van der Waals surface area contributed by atoms with Crippen molar-refractivity contribution >= 4 is 61.2 Å². The minimum atomic E-state index is -4.61. The first-order chi connectivity index (χ1) is 32.2. The predicted molar refractivity (Wildman–Crippen MR) is 257 cm³/mol. The quantitative estimate of drug-likeness (QED) is 0.0757. The molecule has 5 aromatic rings. The number of carbonyl (C=O) groups is 1. The van der Waals surface area contributed by atoms with Crippen LogP contribution >= 0.6 is 11.6 Å². The number of aromatic nitrogens is 2. The molecule has 67 heavy (non-hydrogen) atoms. The number of likely N-dealkylation sites (tertiary alicyclic amines) is 1. The van der Waals surface area contributed by atoms with E-state index in [-0.39, 0.29) is 41.1 Å². The third kappa shape index (κ3) is 10.8. The minimum absolute atomic E-state index is 0.0546.